The molecule has 1 aromatic heterocycles. The second kappa shape index (κ2) is 5.49. The first kappa shape index (κ1) is 14.9. The number of hydrogen-bond acceptors (Lipinski definition) is 4. The van der Waals surface area contributed by atoms with Crippen molar-refractivity contribution >= 4 is 21.8 Å². The van der Waals surface area contributed by atoms with Gasteiger partial charge in [-0.15, -0.1) is 0 Å². The number of aromatic nitrogens is 1. The smallest absolute Gasteiger partial charge is 0.335 e. The third kappa shape index (κ3) is 3.34. The third-order valence-corrected chi connectivity index (χ3v) is 3.99. The van der Waals surface area contributed by atoms with Crippen LogP contribution in [0.1, 0.15) is 15.9 Å². The maximum atomic E-state index is 13.7. The minimum atomic E-state index is -4.27. The number of anilines is 1. The van der Waals surface area contributed by atoms with E-state index in [0.717, 1.165) is 23.8 Å². The van der Waals surface area contributed by atoms with E-state index >= 15 is 0 Å². The number of carboxylic acid groups (broad SMARTS) is 1. The van der Waals surface area contributed by atoms with Gasteiger partial charge in [-0.3, -0.25) is 4.72 Å². The predicted molar refractivity (Wildman–Crippen MR) is 73.1 cm³/mol. The Balaban J connectivity index is 2.44. The second-order valence-corrected chi connectivity index (χ2v) is 5.93. The first-order chi connectivity index (χ1) is 9.79. The number of carbonyl (C=O) groups is 1. The SMILES string of the molecule is Cc1ccnc(NS(=O)(=O)c2cc(C(=O)O)ccc2F)c1. The van der Waals surface area contributed by atoms with Crippen LogP contribution in [0.3, 0.4) is 0 Å². The quantitative estimate of drug-likeness (QED) is 0.900. The van der Waals surface area contributed by atoms with Crippen LogP contribution in [0.25, 0.3) is 0 Å². The van der Waals surface area contributed by atoms with E-state index in [4.69, 9.17) is 5.11 Å². The summed E-state index contributed by atoms with van der Waals surface area (Å²) >= 11 is 0. The second-order valence-electron chi connectivity index (χ2n) is 4.27. The minimum absolute atomic E-state index is 0.0233. The number of halogens is 1. The van der Waals surface area contributed by atoms with Gasteiger partial charge < -0.3 is 5.11 Å². The van der Waals surface area contributed by atoms with Crippen molar-refractivity contribution < 1.29 is 22.7 Å². The average molecular weight is 310 g/mol. The van der Waals surface area contributed by atoms with Crippen LogP contribution in [0.4, 0.5) is 10.2 Å². The predicted octanol–water partition coefficient (Wildman–Crippen LogP) is 2.03. The minimum Gasteiger partial charge on any atom is -0.478 e. The molecule has 0 radical (unpaired) electrons. The fourth-order valence-electron chi connectivity index (χ4n) is 1.63. The first-order valence-electron chi connectivity index (χ1n) is 5.78. The highest BCUT2D eigenvalue weighted by atomic mass is 32.2. The number of sulfonamides is 1. The number of pyridine rings is 1. The lowest BCUT2D eigenvalue weighted by atomic mass is 10.2. The molecule has 0 spiro atoms. The van der Waals surface area contributed by atoms with Crippen LogP contribution in [0.2, 0.25) is 0 Å². The standard InChI is InChI=1S/C13H11FN2O4S/c1-8-4-5-15-12(6-8)16-21(19,20)11-7-9(13(17)18)2-3-10(11)14/h2-7H,1H3,(H,15,16)(H,17,18). The lowest BCUT2D eigenvalue weighted by Crippen LogP contribution is -2.16. The number of carboxylic acids is 1. The summed E-state index contributed by atoms with van der Waals surface area (Å²) in [6, 6.07) is 5.68. The van der Waals surface area contributed by atoms with Gasteiger partial charge in [0, 0.05) is 6.20 Å². The molecule has 2 rings (SSSR count). The van der Waals surface area contributed by atoms with Crippen molar-refractivity contribution in [1.29, 1.82) is 0 Å². The number of nitrogens with one attached hydrogen (secondary N) is 1. The lowest BCUT2D eigenvalue weighted by Gasteiger charge is -2.09. The summed E-state index contributed by atoms with van der Waals surface area (Å²) in [7, 11) is -4.27. The Labute approximate surface area is 120 Å². The summed E-state index contributed by atoms with van der Waals surface area (Å²) in [6.45, 7) is 1.74. The van der Waals surface area contributed by atoms with Gasteiger partial charge in [0.15, 0.2) is 0 Å². The van der Waals surface area contributed by atoms with Gasteiger partial charge >= 0.3 is 5.97 Å². The summed E-state index contributed by atoms with van der Waals surface area (Å²) in [5.74, 6) is -2.37. The molecule has 8 heteroatoms. The normalized spacial score (nSPS) is 11.1. The summed E-state index contributed by atoms with van der Waals surface area (Å²) in [6.07, 6.45) is 1.40. The van der Waals surface area contributed by atoms with Crippen LogP contribution >= 0.6 is 0 Å². The third-order valence-electron chi connectivity index (χ3n) is 2.62. The van der Waals surface area contributed by atoms with Gasteiger partial charge in [-0.1, -0.05) is 0 Å². The molecule has 110 valence electrons. The zero-order chi connectivity index (χ0) is 15.6. The van der Waals surface area contributed by atoms with E-state index in [1.165, 1.54) is 12.3 Å². The van der Waals surface area contributed by atoms with Crippen LogP contribution in [-0.4, -0.2) is 24.5 Å². The molecule has 2 N–H and O–H groups in total. The molecular weight excluding hydrogens is 299 g/mol. The number of nitrogens with zero attached hydrogens (tertiary/aromatic N) is 1. The summed E-state index contributed by atoms with van der Waals surface area (Å²) in [4.78, 5) is 13.9. The Morgan fingerprint density at radius 1 is 1.29 bits per heavy atom. The maximum Gasteiger partial charge on any atom is 0.335 e. The summed E-state index contributed by atoms with van der Waals surface area (Å²) in [5, 5.41) is 8.84. The van der Waals surface area contributed by atoms with Crippen LogP contribution in [0, 0.1) is 12.7 Å². The molecule has 0 amide bonds. The Morgan fingerprint density at radius 2 is 2.00 bits per heavy atom. The summed E-state index contributed by atoms with van der Waals surface area (Å²) < 4.78 is 40.0. The van der Waals surface area contributed by atoms with E-state index in [-0.39, 0.29) is 11.4 Å². The van der Waals surface area contributed by atoms with Crippen molar-refractivity contribution in [1.82, 2.24) is 4.98 Å². The van der Waals surface area contributed by atoms with Gasteiger partial charge in [0.25, 0.3) is 10.0 Å². The molecule has 0 aliphatic heterocycles. The molecule has 1 aromatic carbocycles. The van der Waals surface area contributed by atoms with E-state index in [1.807, 2.05) is 0 Å². The number of rotatable bonds is 4. The zero-order valence-electron chi connectivity index (χ0n) is 10.9. The molecule has 2 aromatic rings. The molecule has 1 heterocycles. The summed E-state index contributed by atoms with van der Waals surface area (Å²) in [5.41, 5.74) is 0.441. The molecule has 0 aliphatic rings. The Morgan fingerprint density at radius 3 is 2.62 bits per heavy atom. The van der Waals surface area contributed by atoms with Crippen molar-refractivity contribution in [3.05, 3.63) is 53.5 Å². The van der Waals surface area contributed by atoms with E-state index in [9.17, 15) is 17.6 Å². The number of aromatic carboxylic acids is 1. The molecule has 0 saturated carbocycles. The van der Waals surface area contributed by atoms with Crippen molar-refractivity contribution in [3.8, 4) is 0 Å². The van der Waals surface area contributed by atoms with E-state index in [1.54, 1.807) is 13.0 Å². The highest BCUT2D eigenvalue weighted by molar-refractivity contribution is 7.92. The molecule has 0 bridgehead atoms. The zero-order valence-corrected chi connectivity index (χ0v) is 11.7. The van der Waals surface area contributed by atoms with E-state index < -0.39 is 26.7 Å². The fourth-order valence-corrected chi connectivity index (χ4v) is 2.73. The molecule has 0 aliphatic carbocycles. The van der Waals surface area contributed by atoms with Crippen molar-refractivity contribution in [2.24, 2.45) is 0 Å². The number of benzene rings is 1. The molecule has 0 saturated heterocycles. The molecule has 0 fully saturated rings. The van der Waals surface area contributed by atoms with Crippen molar-refractivity contribution in [2.75, 3.05) is 4.72 Å². The molecule has 0 atom stereocenters. The van der Waals surface area contributed by atoms with Gasteiger partial charge in [0.1, 0.15) is 16.5 Å². The van der Waals surface area contributed by atoms with Crippen LogP contribution in [-0.2, 0) is 10.0 Å². The van der Waals surface area contributed by atoms with Crippen LogP contribution in [0.15, 0.2) is 41.4 Å². The van der Waals surface area contributed by atoms with Gasteiger partial charge in [0.05, 0.1) is 5.56 Å². The van der Waals surface area contributed by atoms with E-state index in [2.05, 4.69) is 9.71 Å². The Hall–Kier alpha value is -2.48. The van der Waals surface area contributed by atoms with Crippen LogP contribution in [0.5, 0.6) is 0 Å². The largest absolute Gasteiger partial charge is 0.478 e. The Kier molecular flexibility index (Phi) is 3.90. The van der Waals surface area contributed by atoms with Crippen LogP contribution < -0.4 is 4.72 Å². The molecular formula is C13H11FN2O4S. The van der Waals surface area contributed by atoms with Crippen molar-refractivity contribution in [2.45, 2.75) is 11.8 Å². The molecule has 0 unspecified atom stereocenters. The lowest BCUT2D eigenvalue weighted by molar-refractivity contribution is 0.0696. The average Bonchev–Trinajstić information content (AvgIpc) is 2.38. The van der Waals surface area contributed by atoms with Crippen molar-refractivity contribution in [3.63, 3.8) is 0 Å². The number of aryl methyl sites for hydroxylation is 1. The topological polar surface area (TPSA) is 96.4 Å². The molecule has 21 heavy (non-hydrogen) atoms. The van der Waals surface area contributed by atoms with Gasteiger partial charge in [0.2, 0.25) is 0 Å². The molecule has 6 nitrogen and oxygen atoms in total. The monoisotopic (exact) mass is 310 g/mol. The highest BCUT2D eigenvalue weighted by Crippen LogP contribution is 2.19. The van der Waals surface area contributed by atoms with Gasteiger partial charge in [-0.05, 0) is 42.8 Å². The van der Waals surface area contributed by atoms with E-state index in [0.29, 0.717) is 0 Å². The Bertz CT molecular complexity index is 806. The maximum absolute atomic E-state index is 13.7. The van der Waals surface area contributed by atoms with Gasteiger partial charge in [-0.25, -0.2) is 22.6 Å². The highest BCUT2D eigenvalue weighted by Gasteiger charge is 2.21. The number of hydrogen-bond donors (Lipinski definition) is 2. The first-order valence-corrected chi connectivity index (χ1v) is 7.26. The van der Waals surface area contributed by atoms with Gasteiger partial charge in [-0.2, -0.15) is 0 Å². The fraction of sp³-hybridized carbons (Fsp3) is 0.0769.